The molecule has 2 saturated heterocycles. The van der Waals surface area contributed by atoms with E-state index < -0.39 is 83.7 Å². The summed E-state index contributed by atoms with van der Waals surface area (Å²) in [6.07, 6.45) is -0.0832. The number of fused-ring (bicyclic) bond motifs is 1. The number of benzene rings is 1. The molecule has 38 heavy (non-hydrogen) atoms. The van der Waals surface area contributed by atoms with Crippen LogP contribution in [0.2, 0.25) is 0 Å². The second kappa shape index (κ2) is 13.2. The Morgan fingerprint density at radius 2 is 1.45 bits per heavy atom. The first-order valence-electron chi connectivity index (χ1n) is 12.2. The van der Waals surface area contributed by atoms with Crippen LogP contribution in [-0.4, -0.2) is 99.3 Å². The van der Waals surface area contributed by atoms with Gasteiger partial charge in [0, 0.05) is 6.54 Å². The van der Waals surface area contributed by atoms with Crippen molar-refractivity contribution in [2.24, 2.45) is 0 Å². The number of alkyl halides is 2. The second-order valence-electron chi connectivity index (χ2n) is 9.09. The third-order valence-electron chi connectivity index (χ3n) is 6.49. The van der Waals surface area contributed by atoms with Crippen LogP contribution in [0, 0.1) is 0 Å². The first-order chi connectivity index (χ1) is 18.1. The predicted octanol–water partition coefficient (Wildman–Crippen LogP) is -1.48. The maximum atomic E-state index is 13.5. The molecular weight excluding hydrogens is 541 g/mol. The van der Waals surface area contributed by atoms with Crippen LogP contribution in [0.4, 0.5) is 0 Å². The van der Waals surface area contributed by atoms with E-state index in [1.165, 1.54) is 0 Å². The molecule has 0 spiro atoms. The molecule has 7 atom stereocenters. The van der Waals surface area contributed by atoms with Gasteiger partial charge in [-0.15, -0.1) is 23.2 Å². The molecule has 0 unspecified atom stereocenters. The Kier molecular flexibility index (Phi) is 10.3. The van der Waals surface area contributed by atoms with Crippen molar-refractivity contribution < 1.29 is 34.2 Å². The Morgan fingerprint density at radius 1 is 0.842 bits per heavy atom. The fraction of sp³-hybridized carbons (Fsp3) is 0.542. The van der Waals surface area contributed by atoms with Gasteiger partial charge < -0.3 is 36.4 Å². The quantitative estimate of drug-likeness (QED) is 0.239. The van der Waals surface area contributed by atoms with Crippen LogP contribution in [0.25, 0.3) is 0 Å². The Hall–Kier alpha value is -2.93. The number of halogens is 2. The second-order valence-corrected chi connectivity index (χ2v) is 10.2. The van der Waals surface area contributed by atoms with Crippen molar-refractivity contribution in [3.63, 3.8) is 0 Å². The smallest absolute Gasteiger partial charge is 0.248 e. The van der Waals surface area contributed by atoms with E-state index in [0.29, 0.717) is 5.56 Å². The molecule has 2 fully saturated rings. The average molecular weight is 572 g/mol. The van der Waals surface area contributed by atoms with E-state index >= 15 is 0 Å². The average Bonchev–Trinajstić information content (AvgIpc) is 3.21. The third kappa shape index (κ3) is 6.73. The summed E-state index contributed by atoms with van der Waals surface area (Å²) in [5, 5.41) is 27.8. The first-order valence-corrected chi connectivity index (χ1v) is 13.0. The fourth-order valence-corrected chi connectivity index (χ4v) is 5.01. The molecule has 3 rings (SSSR count). The molecule has 12 nitrogen and oxygen atoms in total. The van der Waals surface area contributed by atoms with Gasteiger partial charge in [-0.3, -0.25) is 24.0 Å². The molecule has 1 aromatic carbocycles. The molecule has 2 aliphatic rings. The van der Waals surface area contributed by atoms with Crippen molar-refractivity contribution in [3.05, 3.63) is 35.9 Å². The Labute approximate surface area is 229 Å². The Bertz CT molecular complexity index is 1050. The third-order valence-corrected chi connectivity index (χ3v) is 7.57. The van der Waals surface area contributed by atoms with E-state index in [1.54, 1.807) is 37.3 Å². The lowest BCUT2D eigenvalue weighted by atomic mass is 10.0. The van der Waals surface area contributed by atoms with E-state index in [9.17, 15) is 34.2 Å². The van der Waals surface area contributed by atoms with E-state index in [0.717, 1.165) is 4.90 Å². The minimum Gasteiger partial charge on any atom is -0.394 e. The highest BCUT2D eigenvalue weighted by molar-refractivity contribution is 6.32. The van der Waals surface area contributed by atoms with Gasteiger partial charge in [0.15, 0.2) is 0 Å². The number of aliphatic hydroxyl groups excluding tert-OH is 2. The van der Waals surface area contributed by atoms with Gasteiger partial charge in [-0.1, -0.05) is 37.3 Å². The Morgan fingerprint density at radius 3 is 2.05 bits per heavy atom. The number of nitrogens with zero attached hydrogens (tertiary/aromatic N) is 1. The van der Waals surface area contributed by atoms with Gasteiger partial charge in [0.1, 0.15) is 24.2 Å². The molecule has 5 amide bonds. The summed E-state index contributed by atoms with van der Waals surface area (Å²) >= 11 is 12.7. The highest BCUT2D eigenvalue weighted by Gasteiger charge is 2.48. The zero-order chi connectivity index (χ0) is 28.0. The number of hydrogen-bond donors (Lipinski definition) is 6. The van der Waals surface area contributed by atoms with Gasteiger partial charge in [-0.05, 0) is 12.0 Å². The number of carbonyl (C=O) groups excluding carboxylic acids is 5. The molecule has 1 aromatic rings. The minimum atomic E-state index is -1.51. The molecular formula is C24H31Cl2N5O7. The summed E-state index contributed by atoms with van der Waals surface area (Å²) < 4.78 is 0. The molecule has 208 valence electrons. The van der Waals surface area contributed by atoms with Gasteiger partial charge in [0.2, 0.25) is 29.5 Å². The predicted molar refractivity (Wildman–Crippen MR) is 137 cm³/mol. The van der Waals surface area contributed by atoms with E-state index in [2.05, 4.69) is 21.3 Å². The summed E-state index contributed by atoms with van der Waals surface area (Å²) in [5.74, 6) is -3.75. The van der Waals surface area contributed by atoms with Gasteiger partial charge >= 0.3 is 0 Å². The molecule has 0 saturated carbocycles. The molecule has 14 heteroatoms. The highest BCUT2D eigenvalue weighted by Crippen LogP contribution is 2.29. The van der Waals surface area contributed by atoms with Crippen LogP contribution in [0.15, 0.2) is 30.3 Å². The van der Waals surface area contributed by atoms with Gasteiger partial charge in [-0.2, -0.15) is 0 Å². The van der Waals surface area contributed by atoms with Crippen molar-refractivity contribution in [2.45, 2.75) is 60.7 Å². The molecule has 0 radical (unpaired) electrons. The summed E-state index contributed by atoms with van der Waals surface area (Å²) in [5.41, 5.74) is 0.597. The van der Waals surface area contributed by atoms with Gasteiger partial charge in [0.25, 0.3) is 0 Å². The number of nitrogens with one attached hydrogen (secondary N) is 4. The summed E-state index contributed by atoms with van der Waals surface area (Å²) in [6.45, 7) is -0.145. The van der Waals surface area contributed by atoms with Crippen molar-refractivity contribution in [1.82, 2.24) is 26.2 Å². The zero-order valence-corrected chi connectivity index (χ0v) is 22.1. The first kappa shape index (κ1) is 29.6. The summed E-state index contributed by atoms with van der Waals surface area (Å²) in [4.78, 5) is 66.4. The number of hydrogen-bond acceptors (Lipinski definition) is 7. The van der Waals surface area contributed by atoms with Crippen LogP contribution in [0.3, 0.4) is 0 Å². The summed E-state index contributed by atoms with van der Waals surface area (Å²) in [7, 11) is 0. The fourth-order valence-electron chi connectivity index (χ4n) is 4.40. The van der Waals surface area contributed by atoms with Crippen LogP contribution in [0.1, 0.15) is 31.4 Å². The lowest BCUT2D eigenvalue weighted by Gasteiger charge is -2.31. The topological polar surface area (TPSA) is 177 Å². The molecule has 6 N–H and O–H groups in total. The SMILES string of the molecule is CC[C@@H]1NC(=O)C[C@@H](c2ccccc2)NC(=O)[C@@H]2[C@H](Cl)[C@H](Cl)CN2C(=O)[C@H](CO)NC(=O)[C@H](CO)NC1=O. The lowest BCUT2D eigenvalue weighted by Crippen LogP contribution is -2.60. The van der Waals surface area contributed by atoms with Gasteiger partial charge in [0.05, 0.1) is 36.4 Å². The molecule has 0 aliphatic carbocycles. The van der Waals surface area contributed by atoms with E-state index in [1.807, 2.05) is 0 Å². The van der Waals surface area contributed by atoms with Crippen LogP contribution in [0.5, 0.6) is 0 Å². The number of rotatable bonds is 4. The van der Waals surface area contributed by atoms with E-state index in [-0.39, 0.29) is 19.4 Å². The minimum absolute atomic E-state index is 0.145. The van der Waals surface area contributed by atoms with Crippen LogP contribution in [-0.2, 0) is 24.0 Å². The Balaban J connectivity index is 2.02. The van der Waals surface area contributed by atoms with Crippen LogP contribution < -0.4 is 21.3 Å². The lowest BCUT2D eigenvalue weighted by molar-refractivity contribution is -0.143. The normalized spacial score (nSPS) is 31.7. The monoisotopic (exact) mass is 571 g/mol. The molecule has 0 bridgehead atoms. The highest BCUT2D eigenvalue weighted by atomic mass is 35.5. The number of carbonyl (C=O) groups is 5. The molecule has 2 heterocycles. The van der Waals surface area contributed by atoms with Crippen molar-refractivity contribution in [1.29, 1.82) is 0 Å². The summed E-state index contributed by atoms with van der Waals surface area (Å²) in [6, 6.07) is 2.52. The standard InChI is InChI=1S/C24H31Cl2N5O7/c1-2-14-21(35)29-16(10-32)22(36)30-17(11-33)24(38)31-9-13(25)19(26)20(31)23(37)28-15(8-18(34)27-14)12-6-4-3-5-7-12/h3-7,13-17,19-20,32-33H,2,8-11H2,1H3,(H,27,34)(H,28,37)(H,29,35)(H,30,36)/t13-,14+,15+,16+,17+,19-,20+/m1/s1. The number of aliphatic hydroxyl groups is 2. The van der Waals surface area contributed by atoms with Crippen molar-refractivity contribution in [3.8, 4) is 0 Å². The van der Waals surface area contributed by atoms with E-state index in [4.69, 9.17) is 23.2 Å². The van der Waals surface area contributed by atoms with Crippen LogP contribution >= 0.6 is 23.2 Å². The van der Waals surface area contributed by atoms with Gasteiger partial charge in [-0.25, -0.2) is 0 Å². The van der Waals surface area contributed by atoms with Crippen molar-refractivity contribution in [2.75, 3.05) is 19.8 Å². The van der Waals surface area contributed by atoms with Crippen molar-refractivity contribution >= 4 is 52.7 Å². The zero-order valence-electron chi connectivity index (χ0n) is 20.6. The maximum absolute atomic E-state index is 13.5. The number of amides is 5. The maximum Gasteiger partial charge on any atom is 0.248 e. The largest absolute Gasteiger partial charge is 0.394 e. The molecule has 2 aliphatic heterocycles. The molecule has 0 aromatic heterocycles.